The van der Waals surface area contributed by atoms with E-state index in [1.165, 1.54) is 0 Å². The van der Waals surface area contributed by atoms with Gasteiger partial charge in [-0.15, -0.1) is 24.0 Å². The Morgan fingerprint density at radius 3 is 2.88 bits per heavy atom. The van der Waals surface area contributed by atoms with E-state index in [9.17, 15) is 0 Å². The molecule has 0 saturated heterocycles. The van der Waals surface area contributed by atoms with E-state index in [2.05, 4.69) is 15.5 Å². The first-order chi connectivity index (χ1) is 11.8. The molecule has 0 saturated carbocycles. The minimum Gasteiger partial charge on any atom is -0.490 e. The van der Waals surface area contributed by atoms with Crippen molar-refractivity contribution in [1.82, 2.24) is 15.4 Å². The highest BCUT2D eigenvalue weighted by molar-refractivity contribution is 14.0. The van der Waals surface area contributed by atoms with E-state index < -0.39 is 0 Å². The number of rotatable bonds is 4. The van der Waals surface area contributed by atoms with Gasteiger partial charge < -0.3 is 24.2 Å². The maximum atomic E-state index is 5.85. The van der Waals surface area contributed by atoms with E-state index in [1.807, 2.05) is 36.2 Å². The topological polar surface area (TPSA) is 72.1 Å². The van der Waals surface area contributed by atoms with Gasteiger partial charge in [-0.2, -0.15) is 0 Å². The summed E-state index contributed by atoms with van der Waals surface area (Å²) in [6, 6.07) is 7.79. The van der Waals surface area contributed by atoms with Crippen LogP contribution in [0, 0.1) is 0 Å². The molecule has 8 heteroatoms. The van der Waals surface area contributed by atoms with Crippen molar-refractivity contribution in [1.29, 1.82) is 0 Å². The van der Waals surface area contributed by atoms with E-state index in [4.69, 9.17) is 14.0 Å². The highest BCUT2D eigenvalue weighted by Gasteiger charge is 2.15. The van der Waals surface area contributed by atoms with Gasteiger partial charge in [-0.1, -0.05) is 17.3 Å². The third-order valence-corrected chi connectivity index (χ3v) is 3.75. The number of guanidine groups is 1. The summed E-state index contributed by atoms with van der Waals surface area (Å²) in [7, 11) is 3.71. The van der Waals surface area contributed by atoms with Crippen LogP contribution in [0.1, 0.15) is 17.7 Å². The van der Waals surface area contributed by atoms with Gasteiger partial charge in [0.15, 0.2) is 17.5 Å². The van der Waals surface area contributed by atoms with Gasteiger partial charge >= 0.3 is 0 Å². The van der Waals surface area contributed by atoms with Crippen LogP contribution in [0.3, 0.4) is 0 Å². The number of ether oxygens (including phenoxy) is 2. The zero-order chi connectivity index (χ0) is 16.8. The second kappa shape index (κ2) is 9.50. The highest BCUT2D eigenvalue weighted by atomic mass is 127. The molecule has 1 aliphatic rings. The van der Waals surface area contributed by atoms with Crippen molar-refractivity contribution in [2.24, 2.45) is 4.99 Å². The molecule has 3 rings (SSSR count). The van der Waals surface area contributed by atoms with E-state index >= 15 is 0 Å². The third kappa shape index (κ3) is 5.00. The number of nitrogens with one attached hydrogen (secondary N) is 1. The Bertz CT molecular complexity index is 691. The molecular formula is C17H23IN4O3. The number of para-hydroxylation sites is 1. The zero-order valence-electron chi connectivity index (χ0n) is 14.4. The minimum absolute atomic E-state index is 0. The maximum absolute atomic E-state index is 5.85. The van der Waals surface area contributed by atoms with Gasteiger partial charge in [-0.3, -0.25) is 4.99 Å². The van der Waals surface area contributed by atoms with Crippen molar-refractivity contribution >= 4 is 29.9 Å². The summed E-state index contributed by atoms with van der Waals surface area (Å²) in [6.45, 7) is 2.57. The molecule has 7 nitrogen and oxygen atoms in total. The molecule has 136 valence electrons. The lowest BCUT2D eigenvalue weighted by molar-refractivity contribution is 0.296. The Kier molecular flexibility index (Phi) is 7.35. The largest absolute Gasteiger partial charge is 0.490 e. The smallest absolute Gasteiger partial charge is 0.194 e. The molecule has 1 aromatic carbocycles. The monoisotopic (exact) mass is 458 g/mol. The van der Waals surface area contributed by atoms with Crippen molar-refractivity contribution < 1.29 is 14.0 Å². The molecule has 1 N–H and O–H groups in total. The van der Waals surface area contributed by atoms with Gasteiger partial charge in [-0.05, 0) is 6.07 Å². The summed E-state index contributed by atoms with van der Waals surface area (Å²) in [4.78, 5) is 6.30. The van der Waals surface area contributed by atoms with Gasteiger partial charge in [0, 0.05) is 38.7 Å². The molecule has 0 fully saturated rings. The maximum Gasteiger partial charge on any atom is 0.194 e. The lowest BCUT2D eigenvalue weighted by Gasteiger charge is -2.21. The Balaban J connectivity index is 0.00000225. The van der Waals surface area contributed by atoms with Crippen LogP contribution in [0.25, 0.3) is 0 Å². The Morgan fingerprint density at radius 1 is 1.28 bits per heavy atom. The molecular weight excluding hydrogens is 435 g/mol. The summed E-state index contributed by atoms with van der Waals surface area (Å²) in [5, 5.41) is 7.27. The first-order valence-corrected chi connectivity index (χ1v) is 7.96. The molecule has 1 aromatic heterocycles. The number of fused-ring (bicyclic) bond motifs is 1. The molecule has 0 spiro atoms. The fraction of sp³-hybridized carbons (Fsp3) is 0.412. The van der Waals surface area contributed by atoms with Crippen LogP contribution in [0.4, 0.5) is 0 Å². The average Bonchev–Trinajstić information content (AvgIpc) is 2.97. The molecule has 25 heavy (non-hydrogen) atoms. The number of nitrogens with zero attached hydrogens (tertiary/aromatic N) is 3. The van der Waals surface area contributed by atoms with E-state index in [-0.39, 0.29) is 24.0 Å². The van der Waals surface area contributed by atoms with Gasteiger partial charge in [-0.25, -0.2) is 0 Å². The molecule has 2 aromatic rings. The first kappa shape index (κ1) is 19.4. The lowest BCUT2D eigenvalue weighted by Crippen LogP contribution is -2.38. The average molecular weight is 458 g/mol. The van der Waals surface area contributed by atoms with Crippen LogP contribution in [-0.4, -0.2) is 43.3 Å². The van der Waals surface area contributed by atoms with Gasteiger partial charge in [0.2, 0.25) is 0 Å². The summed E-state index contributed by atoms with van der Waals surface area (Å²) < 4.78 is 16.4. The Labute approximate surface area is 164 Å². The first-order valence-electron chi connectivity index (χ1n) is 7.96. The lowest BCUT2D eigenvalue weighted by atomic mass is 10.2. The number of hydrogen-bond donors (Lipinski definition) is 1. The molecule has 1 aliphatic heterocycles. The standard InChI is InChI=1S/C17H22N4O3.HI/c1-18-17(21(2)12-14-7-10-24-20-14)19-11-13-5-3-6-15-16(13)23-9-4-8-22-15;/h3,5-7,10H,4,8-9,11-12H2,1-2H3,(H,18,19);1H. The van der Waals surface area contributed by atoms with Crippen LogP contribution >= 0.6 is 24.0 Å². The third-order valence-electron chi connectivity index (χ3n) is 3.75. The number of aromatic nitrogens is 1. The fourth-order valence-electron chi connectivity index (χ4n) is 2.59. The van der Waals surface area contributed by atoms with Crippen LogP contribution in [0.5, 0.6) is 11.5 Å². The molecule has 0 aliphatic carbocycles. The molecule has 0 bridgehead atoms. The van der Waals surface area contributed by atoms with Crippen LogP contribution in [0.2, 0.25) is 0 Å². The fourth-order valence-corrected chi connectivity index (χ4v) is 2.59. The number of halogens is 1. The summed E-state index contributed by atoms with van der Waals surface area (Å²) >= 11 is 0. The number of hydrogen-bond acceptors (Lipinski definition) is 5. The molecule has 0 amide bonds. The predicted octanol–water partition coefficient (Wildman–Crippen LogP) is 2.66. The highest BCUT2D eigenvalue weighted by Crippen LogP contribution is 2.33. The normalized spacial score (nSPS) is 13.6. The molecule has 0 unspecified atom stereocenters. The van der Waals surface area contributed by atoms with Crippen LogP contribution in [0.15, 0.2) is 40.0 Å². The van der Waals surface area contributed by atoms with E-state index in [1.54, 1.807) is 13.3 Å². The minimum atomic E-state index is 0. The van der Waals surface area contributed by atoms with Crippen LogP contribution in [-0.2, 0) is 13.1 Å². The second-order valence-corrected chi connectivity index (χ2v) is 5.54. The van der Waals surface area contributed by atoms with Gasteiger partial charge in [0.05, 0.1) is 19.8 Å². The zero-order valence-corrected chi connectivity index (χ0v) is 16.7. The van der Waals surface area contributed by atoms with Crippen molar-refractivity contribution in [3.05, 3.63) is 41.8 Å². The summed E-state index contributed by atoms with van der Waals surface area (Å²) in [5.74, 6) is 2.39. The van der Waals surface area contributed by atoms with Crippen molar-refractivity contribution in [2.45, 2.75) is 19.5 Å². The number of benzene rings is 1. The quantitative estimate of drug-likeness (QED) is 0.432. The molecule has 0 atom stereocenters. The summed E-state index contributed by atoms with van der Waals surface area (Å²) in [6.07, 6.45) is 2.46. The van der Waals surface area contributed by atoms with E-state index in [0.717, 1.165) is 35.1 Å². The van der Waals surface area contributed by atoms with Crippen molar-refractivity contribution in [3.8, 4) is 11.5 Å². The van der Waals surface area contributed by atoms with Crippen LogP contribution < -0.4 is 14.8 Å². The number of aliphatic imine (C=N–C) groups is 1. The Hall–Kier alpha value is -1.97. The second-order valence-electron chi connectivity index (χ2n) is 5.54. The predicted molar refractivity (Wildman–Crippen MR) is 106 cm³/mol. The van der Waals surface area contributed by atoms with Crippen molar-refractivity contribution in [3.63, 3.8) is 0 Å². The van der Waals surface area contributed by atoms with Crippen molar-refractivity contribution in [2.75, 3.05) is 27.3 Å². The Morgan fingerprint density at radius 2 is 2.12 bits per heavy atom. The SMILES string of the molecule is CN=C(NCc1cccc2c1OCCCO2)N(C)Cc1ccon1.I. The van der Waals surface area contributed by atoms with Gasteiger partial charge in [0.1, 0.15) is 12.0 Å². The van der Waals surface area contributed by atoms with Gasteiger partial charge in [0.25, 0.3) is 0 Å². The molecule has 2 heterocycles. The summed E-state index contributed by atoms with van der Waals surface area (Å²) in [5.41, 5.74) is 1.90. The van der Waals surface area contributed by atoms with E-state index in [0.29, 0.717) is 26.3 Å². The molecule has 0 radical (unpaired) electrons.